The average molecular weight is 280 g/mol. The summed E-state index contributed by atoms with van der Waals surface area (Å²) in [6.45, 7) is 1.08. The molecule has 0 fully saturated rings. The number of rotatable bonds is 4. The lowest BCUT2D eigenvalue weighted by molar-refractivity contribution is 0.307. The van der Waals surface area contributed by atoms with Gasteiger partial charge < -0.3 is 16.2 Å². The van der Waals surface area contributed by atoms with E-state index in [0.29, 0.717) is 13.2 Å². The first-order chi connectivity index (χ1) is 10.3. The van der Waals surface area contributed by atoms with E-state index in [2.05, 4.69) is 12.1 Å². The van der Waals surface area contributed by atoms with Crippen LogP contribution in [0.3, 0.4) is 0 Å². The van der Waals surface area contributed by atoms with Crippen LogP contribution in [-0.4, -0.2) is 6.54 Å². The van der Waals surface area contributed by atoms with Crippen LogP contribution < -0.4 is 16.2 Å². The number of fused-ring (bicyclic) bond motifs is 1. The van der Waals surface area contributed by atoms with E-state index in [-0.39, 0.29) is 0 Å². The molecule has 3 heteroatoms. The Morgan fingerprint density at radius 2 is 1.86 bits per heavy atom. The summed E-state index contributed by atoms with van der Waals surface area (Å²) >= 11 is 0. The Morgan fingerprint density at radius 3 is 2.62 bits per heavy atom. The number of hydrogen-bond acceptors (Lipinski definition) is 3. The van der Waals surface area contributed by atoms with E-state index in [1.807, 2.05) is 36.4 Å². The fourth-order valence-electron chi connectivity index (χ4n) is 2.77. The molecule has 3 nitrogen and oxygen atoms in total. The van der Waals surface area contributed by atoms with Gasteiger partial charge in [0.25, 0.3) is 0 Å². The third-order valence-corrected chi connectivity index (χ3v) is 3.91. The lowest BCUT2D eigenvalue weighted by atomic mass is 9.89. The smallest absolute Gasteiger partial charge is 0.143 e. The van der Waals surface area contributed by atoms with Gasteiger partial charge in [0.15, 0.2) is 0 Å². The molecule has 2 aromatic rings. The Bertz CT molecular complexity index is 662. The molecule has 2 aromatic carbocycles. The summed E-state index contributed by atoms with van der Waals surface area (Å²) in [6, 6.07) is 14.1. The minimum absolute atomic E-state index is 0.531. The van der Waals surface area contributed by atoms with Gasteiger partial charge in [-0.25, -0.2) is 0 Å². The van der Waals surface area contributed by atoms with Gasteiger partial charge in [-0.05, 0) is 41.2 Å². The predicted molar refractivity (Wildman–Crippen MR) is 87.0 cm³/mol. The standard InChI is InChI=1S/C18H20N2O/c19-11-14-7-4-8-16-15(14)9-10-17(18(16)20)21-12-13-5-2-1-3-6-13/h1-3,5-7,9-10H,4,8,11-12,19-20H2. The van der Waals surface area contributed by atoms with Gasteiger partial charge in [-0.2, -0.15) is 0 Å². The van der Waals surface area contributed by atoms with E-state index in [1.54, 1.807) is 0 Å². The van der Waals surface area contributed by atoms with Gasteiger partial charge in [-0.1, -0.05) is 42.5 Å². The maximum Gasteiger partial charge on any atom is 0.143 e. The maximum absolute atomic E-state index is 6.29. The number of ether oxygens (including phenoxy) is 1. The Hall–Kier alpha value is -2.26. The van der Waals surface area contributed by atoms with Gasteiger partial charge in [-0.3, -0.25) is 0 Å². The molecule has 21 heavy (non-hydrogen) atoms. The third kappa shape index (κ3) is 2.78. The molecule has 4 N–H and O–H groups in total. The summed E-state index contributed by atoms with van der Waals surface area (Å²) in [4.78, 5) is 0. The largest absolute Gasteiger partial charge is 0.487 e. The molecule has 0 unspecified atom stereocenters. The average Bonchev–Trinajstić information content (AvgIpc) is 2.55. The highest BCUT2D eigenvalue weighted by Gasteiger charge is 2.17. The Labute approximate surface area is 125 Å². The van der Waals surface area contributed by atoms with Crippen LogP contribution in [-0.2, 0) is 13.0 Å². The quantitative estimate of drug-likeness (QED) is 0.846. The van der Waals surface area contributed by atoms with E-state index in [9.17, 15) is 0 Å². The van der Waals surface area contributed by atoms with Crippen molar-refractivity contribution in [3.8, 4) is 5.75 Å². The second kappa shape index (κ2) is 6.02. The van der Waals surface area contributed by atoms with E-state index >= 15 is 0 Å². The number of nitrogen functional groups attached to an aromatic ring is 1. The molecule has 0 spiro atoms. The summed E-state index contributed by atoms with van der Waals surface area (Å²) < 4.78 is 5.88. The number of benzene rings is 2. The van der Waals surface area contributed by atoms with E-state index in [1.165, 1.54) is 16.7 Å². The third-order valence-electron chi connectivity index (χ3n) is 3.91. The van der Waals surface area contributed by atoms with Crippen LogP contribution in [0, 0.1) is 0 Å². The zero-order valence-electron chi connectivity index (χ0n) is 12.0. The van der Waals surface area contributed by atoms with Gasteiger partial charge >= 0.3 is 0 Å². The normalized spacial score (nSPS) is 13.5. The van der Waals surface area contributed by atoms with Crippen molar-refractivity contribution in [3.63, 3.8) is 0 Å². The van der Waals surface area contributed by atoms with Crippen LogP contribution in [0.15, 0.2) is 48.5 Å². The molecular weight excluding hydrogens is 260 g/mol. The molecule has 1 aliphatic rings. The monoisotopic (exact) mass is 280 g/mol. The SMILES string of the molecule is NCC1=CCCc2c1ccc(OCc1ccccc1)c2N. The number of hydrogen-bond donors (Lipinski definition) is 2. The molecular formula is C18H20N2O. The molecule has 0 aromatic heterocycles. The summed E-state index contributed by atoms with van der Waals surface area (Å²) in [5.74, 6) is 0.760. The lowest BCUT2D eigenvalue weighted by Gasteiger charge is -2.21. The van der Waals surface area contributed by atoms with Crippen molar-refractivity contribution in [3.05, 3.63) is 65.2 Å². The van der Waals surface area contributed by atoms with E-state index in [0.717, 1.165) is 29.8 Å². The molecule has 0 bridgehead atoms. The van der Waals surface area contributed by atoms with Crippen LogP contribution in [0.1, 0.15) is 23.1 Å². The van der Waals surface area contributed by atoms with Gasteiger partial charge in [0.1, 0.15) is 12.4 Å². The highest BCUT2D eigenvalue weighted by molar-refractivity contribution is 5.77. The van der Waals surface area contributed by atoms with Crippen molar-refractivity contribution in [1.29, 1.82) is 0 Å². The molecule has 0 heterocycles. The minimum Gasteiger partial charge on any atom is -0.487 e. The van der Waals surface area contributed by atoms with Gasteiger partial charge in [0, 0.05) is 6.54 Å². The van der Waals surface area contributed by atoms with E-state index < -0.39 is 0 Å². The zero-order chi connectivity index (χ0) is 14.7. The first-order valence-corrected chi connectivity index (χ1v) is 7.27. The summed E-state index contributed by atoms with van der Waals surface area (Å²) in [6.07, 6.45) is 4.14. The number of nitrogens with two attached hydrogens (primary N) is 2. The lowest BCUT2D eigenvalue weighted by Crippen LogP contribution is -2.11. The van der Waals surface area contributed by atoms with E-state index in [4.69, 9.17) is 16.2 Å². The number of allylic oxidation sites excluding steroid dienone is 1. The molecule has 108 valence electrons. The van der Waals surface area contributed by atoms with Crippen LogP contribution in [0.2, 0.25) is 0 Å². The van der Waals surface area contributed by atoms with Crippen molar-refractivity contribution in [2.24, 2.45) is 5.73 Å². The number of anilines is 1. The Morgan fingerprint density at radius 1 is 1.05 bits per heavy atom. The van der Waals surface area contributed by atoms with Crippen LogP contribution in [0.25, 0.3) is 5.57 Å². The highest BCUT2D eigenvalue weighted by atomic mass is 16.5. The minimum atomic E-state index is 0.531. The van der Waals surface area contributed by atoms with Crippen molar-refractivity contribution in [2.75, 3.05) is 12.3 Å². The molecule has 0 saturated heterocycles. The summed E-state index contributed by atoms with van der Waals surface area (Å²) in [5.41, 5.74) is 17.5. The molecule has 0 amide bonds. The maximum atomic E-state index is 6.29. The predicted octanol–water partition coefficient (Wildman–Crippen LogP) is 3.14. The molecule has 0 atom stereocenters. The highest BCUT2D eigenvalue weighted by Crippen LogP contribution is 2.35. The second-order valence-corrected chi connectivity index (χ2v) is 5.25. The summed E-state index contributed by atoms with van der Waals surface area (Å²) in [5, 5.41) is 0. The first kappa shape index (κ1) is 13.7. The molecule has 3 rings (SSSR count). The first-order valence-electron chi connectivity index (χ1n) is 7.27. The molecule has 0 saturated carbocycles. The van der Waals surface area contributed by atoms with Crippen LogP contribution >= 0.6 is 0 Å². The van der Waals surface area contributed by atoms with Crippen molar-refractivity contribution in [1.82, 2.24) is 0 Å². The van der Waals surface area contributed by atoms with Crippen molar-refractivity contribution in [2.45, 2.75) is 19.4 Å². The van der Waals surface area contributed by atoms with Crippen LogP contribution in [0.5, 0.6) is 5.75 Å². The van der Waals surface area contributed by atoms with Gasteiger partial charge in [0.05, 0.1) is 5.69 Å². The topological polar surface area (TPSA) is 61.3 Å². The fourth-order valence-corrected chi connectivity index (χ4v) is 2.77. The van der Waals surface area contributed by atoms with Crippen molar-refractivity contribution >= 4 is 11.3 Å². The Kier molecular flexibility index (Phi) is 3.93. The Balaban J connectivity index is 1.83. The second-order valence-electron chi connectivity index (χ2n) is 5.25. The molecule has 0 aliphatic heterocycles. The molecule has 1 aliphatic carbocycles. The van der Waals surface area contributed by atoms with Crippen LogP contribution in [0.4, 0.5) is 5.69 Å². The van der Waals surface area contributed by atoms with Gasteiger partial charge in [0.2, 0.25) is 0 Å². The van der Waals surface area contributed by atoms with Gasteiger partial charge in [-0.15, -0.1) is 0 Å². The summed E-state index contributed by atoms with van der Waals surface area (Å²) in [7, 11) is 0. The zero-order valence-corrected chi connectivity index (χ0v) is 12.0. The molecule has 0 radical (unpaired) electrons. The van der Waals surface area contributed by atoms with Crippen molar-refractivity contribution < 1.29 is 4.74 Å². The fraction of sp³-hybridized carbons (Fsp3) is 0.222.